The lowest BCUT2D eigenvalue weighted by atomic mass is 10.2. The SMILES string of the molecule is CCc1nn(C)c(CC(O)COC(C)C)c1Cl. The molecule has 0 bridgehead atoms. The summed E-state index contributed by atoms with van der Waals surface area (Å²) >= 11 is 6.20. The molecule has 1 aromatic heterocycles. The molecule has 0 aromatic carbocycles. The molecule has 1 heterocycles. The van der Waals surface area contributed by atoms with E-state index < -0.39 is 6.10 Å². The Hall–Kier alpha value is -0.580. The lowest BCUT2D eigenvalue weighted by Crippen LogP contribution is -2.22. The van der Waals surface area contributed by atoms with Gasteiger partial charge in [-0.15, -0.1) is 0 Å². The number of ether oxygens (including phenoxy) is 1. The van der Waals surface area contributed by atoms with Crippen LogP contribution >= 0.6 is 11.6 Å². The molecule has 17 heavy (non-hydrogen) atoms. The second-order valence-electron chi connectivity index (χ2n) is 4.42. The van der Waals surface area contributed by atoms with Crippen LogP contribution in [-0.4, -0.2) is 33.7 Å². The van der Waals surface area contributed by atoms with Crippen LogP contribution in [0.1, 0.15) is 32.2 Å². The van der Waals surface area contributed by atoms with Gasteiger partial charge in [0.15, 0.2) is 0 Å². The third kappa shape index (κ3) is 3.98. The van der Waals surface area contributed by atoms with Gasteiger partial charge in [-0.2, -0.15) is 5.10 Å². The Kier molecular flexibility index (Phi) is 5.43. The minimum absolute atomic E-state index is 0.123. The molecule has 1 N–H and O–H groups in total. The number of aliphatic hydroxyl groups excluding tert-OH is 1. The lowest BCUT2D eigenvalue weighted by Gasteiger charge is -2.13. The smallest absolute Gasteiger partial charge is 0.0850 e. The fourth-order valence-corrected chi connectivity index (χ4v) is 2.00. The molecule has 98 valence electrons. The van der Waals surface area contributed by atoms with Gasteiger partial charge in [0, 0.05) is 13.5 Å². The zero-order valence-electron chi connectivity index (χ0n) is 10.9. The predicted octanol–water partition coefficient (Wildman–Crippen LogP) is 1.96. The zero-order chi connectivity index (χ0) is 13.0. The van der Waals surface area contributed by atoms with Crippen LogP contribution in [0.15, 0.2) is 0 Å². The number of hydrogen-bond acceptors (Lipinski definition) is 3. The minimum atomic E-state index is -0.546. The maximum absolute atomic E-state index is 9.86. The number of aliphatic hydroxyl groups is 1. The van der Waals surface area contributed by atoms with Gasteiger partial charge in [-0.05, 0) is 20.3 Å². The first-order valence-corrected chi connectivity index (χ1v) is 6.33. The van der Waals surface area contributed by atoms with Crippen molar-refractivity contribution in [2.24, 2.45) is 7.05 Å². The van der Waals surface area contributed by atoms with E-state index in [4.69, 9.17) is 16.3 Å². The van der Waals surface area contributed by atoms with E-state index >= 15 is 0 Å². The summed E-state index contributed by atoms with van der Waals surface area (Å²) < 4.78 is 7.10. The molecule has 0 saturated heterocycles. The fourth-order valence-electron chi connectivity index (χ4n) is 1.63. The van der Waals surface area contributed by atoms with Crippen molar-refractivity contribution >= 4 is 11.6 Å². The Balaban J connectivity index is 2.64. The van der Waals surface area contributed by atoms with Crippen molar-refractivity contribution in [3.63, 3.8) is 0 Å². The van der Waals surface area contributed by atoms with E-state index in [1.165, 1.54) is 0 Å². The van der Waals surface area contributed by atoms with Gasteiger partial charge in [0.25, 0.3) is 0 Å². The van der Waals surface area contributed by atoms with Crippen LogP contribution in [0, 0.1) is 0 Å². The first-order chi connectivity index (χ1) is 7.95. The van der Waals surface area contributed by atoms with Gasteiger partial charge in [-0.25, -0.2) is 0 Å². The maximum atomic E-state index is 9.86. The summed E-state index contributed by atoms with van der Waals surface area (Å²) in [5, 5.41) is 14.8. The molecule has 0 aliphatic carbocycles. The number of halogens is 1. The molecule has 0 saturated carbocycles. The van der Waals surface area contributed by atoms with Crippen molar-refractivity contribution < 1.29 is 9.84 Å². The number of nitrogens with zero attached hydrogens (tertiary/aromatic N) is 2. The molecular weight excluding hydrogens is 240 g/mol. The largest absolute Gasteiger partial charge is 0.390 e. The Morgan fingerprint density at radius 3 is 2.59 bits per heavy atom. The second kappa shape index (κ2) is 6.38. The topological polar surface area (TPSA) is 47.3 Å². The number of aromatic nitrogens is 2. The molecule has 0 radical (unpaired) electrons. The number of aryl methyl sites for hydroxylation is 2. The molecule has 1 unspecified atom stereocenters. The molecule has 4 nitrogen and oxygen atoms in total. The highest BCUT2D eigenvalue weighted by molar-refractivity contribution is 6.31. The normalized spacial score (nSPS) is 13.4. The fraction of sp³-hybridized carbons (Fsp3) is 0.750. The van der Waals surface area contributed by atoms with E-state index in [0.29, 0.717) is 18.1 Å². The Bertz CT molecular complexity index is 364. The molecule has 0 amide bonds. The van der Waals surface area contributed by atoms with Crippen molar-refractivity contribution in [2.45, 2.75) is 45.8 Å². The Labute approximate surface area is 108 Å². The van der Waals surface area contributed by atoms with Crippen molar-refractivity contribution in [3.8, 4) is 0 Å². The number of rotatable bonds is 6. The summed E-state index contributed by atoms with van der Waals surface area (Å²) in [6, 6.07) is 0. The van der Waals surface area contributed by atoms with E-state index in [0.717, 1.165) is 17.8 Å². The second-order valence-corrected chi connectivity index (χ2v) is 4.80. The molecule has 5 heteroatoms. The van der Waals surface area contributed by atoms with Gasteiger partial charge in [-0.3, -0.25) is 4.68 Å². The van der Waals surface area contributed by atoms with Crippen LogP contribution in [0.3, 0.4) is 0 Å². The Morgan fingerprint density at radius 1 is 1.47 bits per heavy atom. The van der Waals surface area contributed by atoms with Crippen molar-refractivity contribution in [1.82, 2.24) is 9.78 Å². The first-order valence-electron chi connectivity index (χ1n) is 5.95. The zero-order valence-corrected chi connectivity index (χ0v) is 11.7. The summed E-state index contributed by atoms with van der Waals surface area (Å²) in [7, 11) is 1.84. The Morgan fingerprint density at radius 2 is 2.12 bits per heavy atom. The molecule has 0 fully saturated rings. The van der Waals surface area contributed by atoms with Gasteiger partial charge < -0.3 is 9.84 Å². The predicted molar refractivity (Wildman–Crippen MR) is 68.4 cm³/mol. The molecule has 0 spiro atoms. The van der Waals surface area contributed by atoms with E-state index in [9.17, 15) is 5.11 Å². The van der Waals surface area contributed by atoms with Crippen molar-refractivity contribution in [1.29, 1.82) is 0 Å². The molecule has 1 aromatic rings. The van der Waals surface area contributed by atoms with Crippen LogP contribution in [0.5, 0.6) is 0 Å². The average molecular weight is 261 g/mol. The van der Waals surface area contributed by atoms with Crippen molar-refractivity contribution in [2.75, 3.05) is 6.61 Å². The van der Waals surface area contributed by atoms with Crippen LogP contribution in [-0.2, 0) is 24.6 Å². The summed E-state index contributed by atoms with van der Waals surface area (Å²) in [6.07, 6.45) is 0.841. The summed E-state index contributed by atoms with van der Waals surface area (Å²) in [4.78, 5) is 0. The van der Waals surface area contributed by atoms with Gasteiger partial charge >= 0.3 is 0 Å². The highest BCUT2D eigenvalue weighted by atomic mass is 35.5. The van der Waals surface area contributed by atoms with Crippen LogP contribution in [0.2, 0.25) is 5.02 Å². The summed E-state index contributed by atoms with van der Waals surface area (Å²) in [5.74, 6) is 0. The molecular formula is C12H21ClN2O2. The monoisotopic (exact) mass is 260 g/mol. The molecule has 0 aliphatic rings. The maximum Gasteiger partial charge on any atom is 0.0850 e. The van der Waals surface area contributed by atoms with Crippen LogP contribution in [0.25, 0.3) is 0 Å². The quantitative estimate of drug-likeness (QED) is 0.851. The first kappa shape index (κ1) is 14.5. The van der Waals surface area contributed by atoms with Gasteiger partial charge in [0.2, 0.25) is 0 Å². The van der Waals surface area contributed by atoms with Gasteiger partial charge in [0.05, 0.1) is 35.2 Å². The molecule has 0 aliphatic heterocycles. The van der Waals surface area contributed by atoms with E-state index in [-0.39, 0.29) is 6.10 Å². The van der Waals surface area contributed by atoms with E-state index in [1.54, 1.807) is 4.68 Å². The van der Waals surface area contributed by atoms with E-state index in [1.807, 2.05) is 27.8 Å². The third-order valence-corrected chi connectivity index (χ3v) is 2.99. The minimum Gasteiger partial charge on any atom is -0.390 e. The average Bonchev–Trinajstić information content (AvgIpc) is 2.53. The van der Waals surface area contributed by atoms with Crippen molar-refractivity contribution in [3.05, 3.63) is 16.4 Å². The lowest BCUT2D eigenvalue weighted by molar-refractivity contribution is 0.00557. The highest BCUT2D eigenvalue weighted by Gasteiger charge is 2.16. The molecule has 1 rings (SSSR count). The standard InChI is InChI=1S/C12H21ClN2O2/c1-5-10-12(13)11(15(4)14-10)6-9(16)7-17-8(2)3/h8-9,16H,5-7H2,1-4H3. The molecule has 1 atom stereocenters. The van der Waals surface area contributed by atoms with Crippen LogP contribution in [0.4, 0.5) is 0 Å². The summed E-state index contributed by atoms with van der Waals surface area (Å²) in [5.41, 5.74) is 1.74. The van der Waals surface area contributed by atoms with Gasteiger partial charge in [0.1, 0.15) is 0 Å². The van der Waals surface area contributed by atoms with Crippen LogP contribution < -0.4 is 0 Å². The highest BCUT2D eigenvalue weighted by Crippen LogP contribution is 2.22. The third-order valence-electron chi connectivity index (χ3n) is 2.55. The van der Waals surface area contributed by atoms with E-state index in [2.05, 4.69) is 5.10 Å². The summed E-state index contributed by atoms with van der Waals surface area (Å²) in [6.45, 7) is 6.22. The van der Waals surface area contributed by atoms with Gasteiger partial charge in [-0.1, -0.05) is 18.5 Å². The number of hydrogen-bond donors (Lipinski definition) is 1.